The van der Waals surface area contributed by atoms with Crippen molar-refractivity contribution in [2.24, 2.45) is 0 Å². The molecule has 0 aromatic heterocycles. The second kappa shape index (κ2) is 9.82. The number of carbonyl (C=O) groups excluding carboxylic acids is 1. The topological polar surface area (TPSA) is 60.2 Å². The van der Waals surface area contributed by atoms with Crippen molar-refractivity contribution in [3.63, 3.8) is 0 Å². The van der Waals surface area contributed by atoms with E-state index in [1.165, 1.54) is 6.08 Å². The highest BCUT2D eigenvalue weighted by Gasteiger charge is 1.98. The first kappa shape index (κ1) is 19.8. The summed E-state index contributed by atoms with van der Waals surface area (Å²) in [5.41, 5.74) is 1.34. The van der Waals surface area contributed by atoms with Gasteiger partial charge in [-0.1, -0.05) is 61.1 Å². The minimum atomic E-state index is -0.513. The summed E-state index contributed by atoms with van der Waals surface area (Å²) >= 11 is 17.8. The molecule has 0 aliphatic heterocycles. The van der Waals surface area contributed by atoms with Gasteiger partial charge in [-0.15, -0.1) is 0 Å². The molecule has 0 unspecified atom stereocenters. The highest BCUT2D eigenvalue weighted by atomic mass is 79.9. The van der Waals surface area contributed by atoms with Gasteiger partial charge in [-0.3, -0.25) is 14.9 Å². The van der Waals surface area contributed by atoms with Crippen molar-refractivity contribution in [1.82, 2.24) is 0 Å². The van der Waals surface area contributed by atoms with Crippen LogP contribution in [0, 0.1) is 10.1 Å². The highest BCUT2D eigenvalue weighted by molar-refractivity contribution is 9.10. The fourth-order valence-corrected chi connectivity index (χ4v) is 2.97. The van der Waals surface area contributed by atoms with E-state index in [9.17, 15) is 14.9 Å². The molecule has 0 spiro atoms. The van der Waals surface area contributed by atoms with Crippen LogP contribution in [0.3, 0.4) is 0 Å². The van der Waals surface area contributed by atoms with Gasteiger partial charge < -0.3 is 0 Å². The van der Waals surface area contributed by atoms with Crippen LogP contribution in [0.1, 0.15) is 15.9 Å². The van der Waals surface area contributed by atoms with Crippen LogP contribution >= 0.6 is 55.1 Å². The predicted molar refractivity (Wildman–Crippen MR) is 99.7 cm³/mol. The zero-order chi connectivity index (χ0) is 17.4. The van der Waals surface area contributed by atoms with Crippen LogP contribution in [0.5, 0.6) is 0 Å². The average molecular weight is 482 g/mol. The van der Waals surface area contributed by atoms with Crippen molar-refractivity contribution in [1.29, 1.82) is 0 Å². The van der Waals surface area contributed by atoms with E-state index in [0.717, 1.165) is 27.0 Å². The number of nitro groups is 1. The number of rotatable bonds is 3. The summed E-state index contributed by atoms with van der Waals surface area (Å²) in [7, 11) is 0. The Hall–Kier alpha value is -1.21. The summed E-state index contributed by atoms with van der Waals surface area (Å²) in [6.45, 7) is 0. The lowest BCUT2D eigenvalue weighted by atomic mass is 10.2. The Morgan fingerprint density at radius 2 is 1.43 bits per heavy atom. The smallest absolute Gasteiger partial charge is 0.235 e. The van der Waals surface area contributed by atoms with Crippen molar-refractivity contribution < 1.29 is 9.72 Å². The number of hydrogen-bond donors (Lipinski definition) is 0. The maximum absolute atomic E-state index is 10.3. The zero-order valence-corrected chi connectivity index (χ0v) is 16.1. The van der Waals surface area contributed by atoms with E-state index in [1.54, 1.807) is 36.4 Å². The highest BCUT2D eigenvalue weighted by Crippen LogP contribution is 2.22. The van der Waals surface area contributed by atoms with Crippen LogP contribution in [0.4, 0.5) is 0 Å². The number of benzene rings is 2. The lowest BCUT2D eigenvalue weighted by Crippen LogP contribution is -1.83. The SMILES string of the molecule is O=Cc1ccc(Cl)cc1Br.O=[N+]([O-])C=Cc1ccc(Cl)cc1Br. The van der Waals surface area contributed by atoms with Crippen LogP contribution in [0.2, 0.25) is 10.0 Å². The van der Waals surface area contributed by atoms with E-state index < -0.39 is 4.92 Å². The molecule has 120 valence electrons. The molecule has 23 heavy (non-hydrogen) atoms. The van der Waals surface area contributed by atoms with Crippen molar-refractivity contribution in [3.05, 3.63) is 82.8 Å². The Morgan fingerprint density at radius 3 is 1.83 bits per heavy atom. The third-order valence-electron chi connectivity index (χ3n) is 2.43. The molecule has 0 saturated carbocycles. The Balaban J connectivity index is 0.000000238. The molecule has 0 aliphatic rings. The van der Waals surface area contributed by atoms with E-state index in [-0.39, 0.29) is 0 Å². The molecule has 4 nitrogen and oxygen atoms in total. The molecule has 0 heterocycles. The maximum atomic E-state index is 10.3. The van der Waals surface area contributed by atoms with E-state index in [0.29, 0.717) is 15.6 Å². The molecule has 0 aliphatic carbocycles. The molecule has 0 N–H and O–H groups in total. The molecule has 8 heteroatoms. The number of hydrogen-bond acceptors (Lipinski definition) is 3. The predicted octanol–water partition coefficient (Wildman–Crippen LogP) is 6.26. The number of nitrogens with zero attached hydrogens (tertiary/aromatic N) is 1. The third-order valence-corrected chi connectivity index (χ3v) is 4.27. The van der Waals surface area contributed by atoms with Gasteiger partial charge in [0.1, 0.15) is 0 Å². The monoisotopic (exact) mass is 479 g/mol. The second-order valence-electron chi connectivity index (χ2n) is 4.05. The molecule has 2 rings (SSSR count). The average Bonchev–Trinajstić information content (AvgIpc) is 2.47. The summed E-state index contributed by atoms with van der Waals surface area (Å²) < 4.78 is 1.47. The van der Waals surface area contributed by atoms with Crippen molar-refractivity contribution in [2.45, 2.75) is 0 Å². The van der Waals surface area contributed by atoms with E-state index in [2.05, 4.69) is 31.9 Å². The molecule has 0 saturated heterocycles. The van der Waals surface area contributed by atoms with E-state index in [1.807, 2.05) is 0 Å². The Labute approximate surface area is 159 Å². The molecule has 0 bridgehead atoms. The van der Waals surface area contributed by atoms with Crippen molar-refractivity contribution in [3.8, 4) is 0 Å². The van der Waals surface area contributed by atoms with Gasteiger partial charge in [-0.05, 0) is 35.9 Å². The van der Waals surface area contributed by atoms with Gasteiger partial charge >= 0.3 is 0 Å². The number of halogens is 4. The number of aldehydes is 1. The summed E-state index contributed by atoms with van der Waals surface area (Å²) in [5, 5.41) is 11.2. The Bertz CT molecular complexity index is 751. The Morgan fingerprint density at radius 1 is 0.957 bits per heavy atom. The van der Waals surface area contributed by atoms with Gasteiger partial charge in [0.05, 0.1) is 4.92 Å². The van der Waals surface area contributed by atoms with Gasteiger partial charge in [-0.25, -0.2) is 0 Å². The fourth-order valence-electron chi connectivity index (χ4n) is 1.37. The lowest BCUT2D eigenvalue weighted by molar-refractivity contribution is -0.400. The molecule has 2 aromatic carbocycles. The standard InChI is InChI=1S/C8H5BrClNO2.C7H4BrClO/c9-8-5-7(10)2-1-6(8)3-4-11(12)13;8-7-3-6(9)2-1-5(7)4-10/h1-5H;1-4H. The van der Waals surface area contributed by atoms with Gasteiger partial charge in [0.2, 0.25) is 6.20 Å². The first-order valence-corrected chi connectivity index (χ1v) is 8.34. The summed E-state index contributed by atoms with van der Waals surface area (Å²) in [6.07, 6.45) is 3.06. The van der Waals surface area contributed by atoms with Crippen LogP contribution in [0.25, 0.3) is 6.08 Å². The minimum Gasteiger partial charge on any atom is -0.298 e. The van der Waals surface area contributed by atoms with Crippen molar-refractivity contribution >= 4 is 67.4 Å². The third kappa shape index (κ3) is 7.26. The summed E-state index contributed by atoms with van der Waals surface area (Å²) in [6, 6.07) is 10.1. The summed E-state index contributed by atoms with van der Waals surface area (Å²) in [5.74, 6) is 0. The zero-order valence-electron chi connectivity index (χ0n) is 11.4. The quantitative estimate of drug-likeness (QED) is 0.295. The van der Waals surface area contributed by atoms with Crippen LogP contribution in [0.15, 0.2) is 51.5 Å². The second-order valence-corrected chi connectivity index (χ2v) is 6.63. The first-order valence-electron chi connectivity index (χ1n) is 6.00. The van der Waals surface area contributed by atoms with Crippen LogP contribution in [-0.4, -0.2) is 11.2 Å². The number of carbonyl (C=O) groups is 1. The maximum Gasteiger partial charge on any atom is 0.235 e. The molecule has 0 atom stereocenters. The van der Waals surface area contributed by atoms with Gasteiger partial charge in [0.25, 0.3) is 0 Å². The molecule has 0 amide bonds. The summed E-state index contributed by atoms with van der Waals surface area (Å²) in [4.78, 5) is 19.8. The molecular weight excluding hydrogens is 473 g/mol. The molecule has 0 radical (unpaired) electrons. The van der Waals surface area contributed by atoms with E-state index >= 15 is 0 Å². The van der Waals surface area contributed by atoms with Crippen LogP contribution < -0.4 is 0 Å². The largest absolute Gasteiger partial charge is 0.298 e. The van der Waals surface area contributed by atoms with Gasteiger partial charge in [-0.2, -0.15) is 0 Å². The van der Waals surface area contributed by atoms with E-state index in [4.69, 9.17) is 23.2 Å². The molecular formula is C15H9Br2Cl2NO3. The molecule has 2 aromatic rings. The fraction of sp³-hybridized carbons (Fsp3) is 0. The Kier molecular flexibility index (Phi) is 8.47. The first-order chi connectivity index (χ1) is 10.8. The van der Waals surface area contributed by atoms with Crippen LogP contribution in [-0.2, 0) is 0 Å². The van der Waals surface area contributed by atoms with Crippen molar-refractivity contribution in [2.75, 3.05) is 0 Å². The normalized spacial score (nSPS) is 10.1. The van der Waals surface area contributed by atoms with Gasteiger partial charge in [0.15, 0.2) is 6.29 Å². The van der Waals surface area contributed by atoms with Gasteiger partial charge in [0, 0.05) is 30.6 Å². The lowest BCUT2D eigenvalue weighted by Gasteiger charge is -1.96. The minimum absolute atomic E-state index is 0.513. The molecule has 0 fully saturated rings.